The Morgan fingerprint density at radius 1 is 1.05 bits per heavy atom. The van der Waals surface area contributed by atoms with Crippen LogP contribution in [0.15, 0.2) is 34.8 Å². The minimum Gasteiger partial charge on any atom is -0.320 e. The molecule has 2 aromatic carbocycles. The molecule has 0 aliphatic heterocycles. The van der Waals surface area contributed by atoms with Crippen molar-refractivity contribution >= 4 is 39.1 Å². The zero-order valence-corrected chi connectivity index (χ0v) is 12.5. The predicted molar refractivity (Wildman–Crippen MR) is 76.6 cm³/mol. The number of rotatable bonds is 2. The molecule has 2 N–H and O–H groups in total. The fraction of sp³-hybridized carbons (Fsp3) is 0.0769. The zero-order valence-electron chi connectivity index (χ0n) is 9.43. The topological polar surface area (TPSA) is 26.0 Å². The molecule has 0 radical (unpaired) electrons. The van der Waals surface area contributed by atoms with E-state index in [2.05, 4.69) is 15.9 Å². The Hall–Kier alpha value is -0.680. The lowest BCUT2D eigenvalue weighted by Gasteiger charge is -2.16. The van der Waals surface area contributed by atoms with Gasteiger partial charge in [-0.3, -0.25) is 0 Å². The Bertz CT molecular complexity index is 611. The van der Waals surface area contributed by atoms with Gasteiger partial charge >= 0.3 is 0 Å². The Kier molecular flexibility index (Phi) is 4.46. The van der Waals surface area contributed by atoms with Crippen molar-refractivity contribution in [2.75, 3.05) is 0 Å². The average Bonchev–Trinajstić information content (AvgIpc) is 2.26. The van der Waals surface area contributed by atoms with Crippen molar-refractivity contribution in [1.82, 2.24) is 0 Å². The van der Waals surface area contributed by atoms with Gasteiger partial charge in [0, 0.05) is 20.1 Å². The van der Waals surface area contributed by atoms with Crippen LogP contribution in [0, 0.1) is 11.6 Å². The molecule has 1 nitrogen and oxygen atoms in total. The molecule has 0 spiro atoms. The van der Waals surface area contributed by atoms with Crippen molar-refractivity contribution in [3.8, 4) is 0 Å². The smallest absolute Gasteiger partial charge is 0.132 e. The summed E-state index contributed by atoms with van der Waals surface area (Å²) in [6.45, 7) is 0. The second kappa shape index (κ2) is 5.75. The maximum atomic E-state index is 13.8. The Morgan fingerprint density at radius 3 is 2.16 bits per heavy atom. The molecular formula is C13H8BrCl2F2N. The van der Waals surface area contributed by atoms with Crippen LogP contribution in [-0.4, -0.2) is 0 Å². The average molecular weight is 367 g/mol. The molecule has 0 saturated heterocycles. The maximum absolute atomic E-state index is 13.8. The Balaban J connectivity index is 2.53. The molecule has 0 heterocycles. The summed E-state index contributed by atoms with van der Waals surface area (Å²) in [7, 11) is 0. The van der Waals surface area contributed by atoms with Gasteiger partial charge in [-0.25, -0.2) is 8.78 Å². The first-order valence-corrected chi connectivity index (χ1v) is 6.80. The van der Waals surface area contributed by atoms with E-state index in [1.165, 1.54) is 6.07 Å². The highest BCUT2D eigenvalue weighted by molar-refractivity contribution is 9.10. The second-order valence-electron chi connectivity index (χ2n) is 3.93. The van der Waals surface area contributed by atoms with E-state index < -0.39 is 17.7 Å². The summed E-state index contributed by atoms with van der Waals surface area (Å²) in [5.41, 5.74) is 6.08. The van der Waals surface area contributed by atoms with Crippen molar-refractivity contribution in [3.63, 3.8) is 0 Å². The van der Waals surface area contributed by atoms with Crippen molar-refractivity contribution in [1.29, 1.82) is 0 Å². The number of hydrogen-bond donors (Lipinski definition) is 1. The van der Waals surface area contributed by atoms with Crippen LogP contribution in [0.3, 0.4) is 0 Å². The van der Waals surface area contributed by atoms with E-state index in [-0.39, 0.29) is 10.6 Å². The highest BCUT2D eigenvalue weighted by Crippen LogP contribution is 2.32. The summed E-state index contributed by atoms with van der Waals surface area (Å²) >= 11 is 14.8. The lowest BCUT2D eigenvalue weighted by atomic mass is 9.98. The van der Waals surface area contributed by atoms with Gasteiger partial charge in [0.2, 0.25) is 0 Å². The lowest BCUT2D eigenvalue weighted by molar-refractivity contribution is 0.542. The highest BCUT2D eigenvalue weighted by atomic mass is 79.9. The maximum Gasteiger partial charge on any atom is 0.132 e. The summed E-state index contributed by atoms with van der Waals surface area (Å²) in [5, 5.41) is 0.694. The molecular weight excluding hydrogens is 359 g/mol. The molecule has 0 fully saturated rings. The first-order chi connectivity index (χ1) is 8.90. The highest BCUT2D eigenvalue weighted by Gasteiger charge is 2.21. The zero-order chi connectivity index (χ0) is 14.2. The van der Waals surface area contributed by atoms with E-state index in [0.29, 0.717) is 15.1 Å². The van der Waals surface area contributed by atoms with E-state index in [9.17, 15) is 8.78 Å². The van der Waals surface area contributed by atoms with Gasteiger partial charge in [-0.15, -0.1) is 0 Å². The minimum atomic E-state index is -1.00. The van der Waals surface area contributed by atoms with Crippen LogP contribution in [0.4, 0.5) is 8.78 Å². The summed E-state index contributed by atoms with van der Waals surface area (Å²) in [6, 6.07) is 5.91. The normalized spacial score (nSPS) is 12.5. The third kappa shape index (κ3) is 3.08. The molecule has 100 valence electrons. The molecule has 0 aromatic heterocycles. The SMILES string of the molecule is NC(c1ccc(Cl)cc1Cl)c1c(F)cc(Br)cc1F. The Morgan fingerprint density at radius 2 is 1.63 bits per heavy atom. The summed E-state index contributed by atoms with van der Waals surface area (Å²) < 4.78 is 28.0. The largest absolute Gasteiger partial charge is 0.320 e. The number of nitrogens with two attached hydrogens (primary N) is 1. The van der Waals surface area contributed by atoms with Crippen LogP contribution < -0.4 is 5.73 Å². The van der Waals surface area contributed by atoms with Gasteiger partial charge in [0.1, 0.15) is 11.6 Å². The number of hydrogen-bond acceptors (Lipinski definition) is 1. The molecule has 2 aromatic rings. The van der Waals surface area contributed by atoms with E-state index in [4.69, 9.17) is 28.9 Å². The van der Waals surface area contributed by atoms with Crippen molar-refractivity contribution < 1.29 is 8.78 Å². The van der Waals surface area contributed by atoms with Crippen LogP contribution in [0.25, 0.3) is 0 Å². The first kappa shape index (κ1) is 14.7. The second-order valence-corrected chi connectivity index (χ2v) is 5.69. The van der Waals surface area contributed by atoms with Crippen LogP contribution in [0.2, 0.25) is 10.0 Å². The summed E-state index contributed by atoms with van der Waals surface area (Å²) in [4.78, 5) is 0. The molecule has 0 amide bonds. The van der Waals surface area contributed by atoms with Crippen molar-refractivity contribution in [2.24, 2.45) is 5.73 Å². The van der Waals surface area contributed by atoms with Gasteiger partial charge in [-0.05, 0) is 29.8 Å². The quantitative estimate of drug-likeness (QED) is 0.787. The van der Waals surface area contributed by atoms with Crippen molar-refractivity contribution in [2.45, 2.75) is 6.04 Å². The Labute approximate surface area is 127 Å². The molecule has 0 aliphatic rings. The molecule has 1 atom stereocenters. The monoisotopic (exact) mass is 365 g/mol. The van der Waals surface area contributed by atoms with E-state index in [0.717, 1.165) is 12.1 Å². The molecule has 19 heavy (non-hydrogen) atoms. The van der Waals surface area contributed by atoms with Gasteiger partial charge in [0.15, 0.2) is 0 Å². The molecule has 6 heteroatoms. The predicted octanol–water partition coefficient (Wildman–Crippen LogP) is 5.08. The minimum absolute atomic E-state index is 0.229. The fourth-order valence-corrected chi connectivity index (χ4v) is 2.69. The van der Waals surface area contributed by atoms with E-state index >= 15 is 0 Å². The van der Waals surface area contributed by atoms with Crippen LogP contribution in [0.1, 0.15) is 17.2 Å². The van der Waals surface area contributed by atoms with Crippen LogP contribution in [-0.2, 0) is 0 Å². The summed E-state index contributed by atoms with van der Waals surface area (Å²) in [5.74, 6) is -1.46. The molecule has 0 bridgehead atoms. The molecule has 2 rings (SSSR count). The van der Waals surface area contributed by atoms with E-state index in [1.54, 1.807) is 12.1 Å². The van der Waals surface area contributed by atoms with Crippen LogP contribution in [0.5, 0.6) is 0 Å². The van der Waals surface area contributed by atoms with Gasteiger partial charge in [-0.2, -0.15) is 0 Å². The fourth-order valence-electron chi connectivity index (χ4n) is 1.76. The third-order valence-corrected chi connectivity index (χ3v) is 3.67. The van der Waals surface area contributed by atoms with E-state index in [1.807, 2.05) is 0 Å². The van der Waals surface area contributed by atoms with Gasteiger partial charge in [-0.1, -0.05) is 45.2 Å². The van der Waals surface area contributed by atoms with Gasteiger partial charge < -0.3 is 5.73 Å². The van der Waals surface area contributed by atoms with Crippen molar-refractivity contribution in [3.05, 3.63) is 67.6 Å². The first-order valence-electron chi connectivity index (χ1n) is 5.25. The summed E-state index contributed by atoms with van der Waals surface area (Å²) in [6.07, 6.45) is 0. The van der Waals surface area contributed by atoms with Crippen LogP contribution >= 0.6 is 39.1 Å². The molecule has 0 aliphatic carbocycles. The third-order valence-electron chi connectivity index (χ3n) is 2.65. The lowest BCUT2D eigenvalue weighted by Crippen LogP contribution is -2.16. The van der Waals surface area contributed by atoms with Gasteiger partial charge in [0.05, 0.1) is 6.04 Å². The van der Waals surface area contributed by atoms with Gasteiger partial charge in [0.25, 0.3) is 0 Å². The number of halogens is 5. The number of benzene rings is 2. The molecule has 0 saturated carbocycles. The molecule has 1 unspecified atom stereocenters. The standard InChI is InChI=1S/C13H8BrCl2F2N/c14-6-3-10(17)12(11(18)4-6)13(19)8-2-1-7(15)5-9(8)16/h1-5,13H,19H2.